The van der Waals surface area contributed by atoms with Crippen LogP contribution in [0.4, 0.5) is 0 Å². The zero-order chi connectivity index (χ0) is 3.41. The van der Waals surface area contributed by atoms with Gasteiger partial charge in [0.15, 0.2) is 0 Å². The predicted molar refractivity (Wildman–Crippen MR) is 23.1 cm³/mol. The fraction of sp³-hybridized carbons (Fsp3) is 1.00. The molecule has 1 atom stereocenters. The van der Waals surface area contributed by atoms with Crippen molar-refractivity contribution < 1.29 is 0 Å². The summed E-state index contributed by atoms with van der Waals surface area (Å²) < 4.78 is 0. The van der Waals surface area contributed by atoms with Gasteiger partial charge in [-0.05, 0) is 0 Å². The minimum absolute atomic E-state index is 0.418. The molecule has 0 saturated carbocycles. The van der Waals surface area contributed by atoms with E-state index in [1.165, 1.54) is 0 Å². The Balaban J connectivity index is 1.97. The van der Waals surface area contributed by atoms with Gasteiger partial charge in [-0.15, -0.1) is 0 Å². The maximum absolute atomic E-state index is 4.93. The molecule has 0 rings (SSSR count). The molecular formula is CH5BNP. The minimum atomic E-state index is 0.418. The molecule has 0 aliphatic heterocycles. The van der Waals surface area contributed by atoms with E-state index >= 15 is 0 Å². The number of nitrogens with two attached hydrogens (primary N) is 1. The second kappa shape index (κ2) is 3.45. The van der Waals surface area contributed by atoms with Crippen molar-refractivity contribution in [3.05, 3.63) is 0 Å². The zero-order valence-corrected chi connectivity index (χ0v) is 3.36. The monoisotopic (exact) mass is 73.0 g/mol. The average Bonchev–Trinajstić information content (AvgIpc) is 1.37. The fourth-order valence-corrected chi connectivity index (χ4v) is 0. The van der Waals surface area contributed by atoms with E-state index in [-0.39, 0.29) is 0 Å². The van der Waals surface area contributed by atoms with Crippen molar-refractivity contribution in [2.75, 3.05) is 6.29 Å². The predicted octanol–water partition coefficient (Wildman–Crippen LogP) is -0.335. The molecule has 0 fully saturated rings. The summed E-state index contributed by atoms with van der Waals surface area (Å²) in [6.45, 7) is 0. The average molecular weight is 72.8 g/mol. The zero-order valence-electron chi connectivity index (χ0n) is 2.36. The van der Waals surface area contributed by atoms with E-state index in [1.54, 1.807) is 0 Å². The molecule has 22 valence electrons. The van der Waals surface area contributed by atoms with Crippen molar-refractivity contribution in [2.45, 2.75) is 0 Å². The molecule has 0 aromatic carbocycles. The molecule has 2 radical (unpaired) electrons. The molecule has 2 N–H and O–H groups in total. The summed E-state index contributed by atoms with van der Waals surface area (Å²) in [6.07, 6.45) is 0.625. The lowest BCUT2D eigenvalue weighted by molar-refractivity contribution is 1.40. The molecule has 4 heavy (non-hydrogen) atoms. The molecule has 3 heteroatoms. The van der Waals surface area contributed by atoms with Crippen LogP contribution >= 0.6 is 8.46 Å². The molecule has 1 nitrogen and oxygen atoms in total. The Morgan fingerprint density at radius 3 is 2.25 bits per heavy atom. The highest BCUT2D eigenvalue weighted by molar-refractivity contribution is 7.66. The highest BCUT2D eigenvalue weighted by Crippen LogP contribution is 1.88. The second-order valence-corrected chi connectivity index (χ2v) is 1.22. The smallest absolute Gasteiger partial charge is 0.106 e. The van der Waals surface area contributed by atoms with Gasteiger partial charge in [-0.3, -0.25) is 0 Å². The van der Waals surface area contributed by atoms with Crippen LogP contribution in [0.5, 0.6) is 0 Å². The highest BCUT2D eigenvalue weighted by Gasteiger charge is 1.54. The van der Waals surface area contributed by atoms with Gasteiger partial charge in [-0.25, -0.2) is 0 Å². The van der Waals surface area contributed by atoms with Gasteiger partial charge < -0.3 is 5.73 Å². The fourth-order valence-electron chi connectivity index (χ4n) is 0. The molecular weight excluding hydrogens is 67.8 g/mol. The Bertz CT molecular complexity index is 10.0. The Morgan fingerprint density at radius 2 is 2.25 bits per heavy atom. The van der Waals surface area contributed by atoms with Crippen molar-refractivity contribution in [3.63, 3.8) is 0 Å². The van der Waals surface area contributed by atoms with E-state index < -0.39 is 0 Å². The van der Waals surface area contributed by atoms with Crippen LogP contribution in [0.1, 0.15) is 0 Å². The summed E-state index contributed by atoms with van der Waals surface area (Å²) >= 11 is 0. The van der Waals surface area contributed by atoms with Crippen molar-refractivity contribution in [1.29, 1.82) is 0 Å². The third kappa shape index (κ3) is 2.45. The molecule has 0 spiro atoms. The normalized spacial score (nSPS) is 10.2. The Kier molecular flexibility index (Phi) is 3.85. The maximum atomic E-state index is 4.93. The number of hydrogen-bond acceptors (Lipinski definition) is 1. The van der Waals surface area contributed by atoms with Crippen LogP contribution < -0.4 is 5.73 Å². The standard InChI is InChI=1S/CH5BNP/c2-4-1-3/h4H,1,3H2. The van der Waals surface area contributed by atoms with Crippen LogP contribution in [0, 0.1) is 0 Å². The molecule has 1 unspecified atom stereocenters. The van der Waals surface area contributed by atoms with Crippen LogP contribution in [0.2, 0.25) is 0 Å². The van der Waals surface area contributed by atoms with Crippen molar-refractivity contribution in [1.82, 2.24) is 0 Å². The summed E-state index contributed by atoms with van der Waals surface area (Å²) in [6, 6.07) is 0. The van der Waals surface area contributed by atoms with Crippen molar-refractivity contribution in [2.24, 2.45) is 5.73 Å². The lowest BCUT2D eigenvalue weighted by atomic mass is 10.8. The SMILES string of the molecule is [B]PCN. The lowest BCUT2D eigenvalue weighted by Crippen LogP contribution is -1.87. The first-order valence-corrected chi connectivity index (χ1v) is 2.33. The van der Waals surface area contributed by atoms with Crippen LogP contribution in [0.15, 0.2) is 0 Å². The molecule has 0 bridgehead atoms. The molecule has 0 aromatic heterocycles. The first-order valence-electron chi connectivity index (χ1n) is 1.05. The van der Waals surface area contributed by atoms with Crippen LogP contribution in [0.25, 0.3) is 0 Å². The third-order valence-corrected chi connectivity index (χ3v) is 0.354. The van der Waals surface area contributed by atoms with E-state index in [4.69, 9.17) is 13.3 Å². The van der Waals surface area contributed by atoms with Gasteiger partial charge in [0.25, 0.3) is 0 Å². The summed E-state index contributed by atoms with van der Waals surface area (Å²) in [5.41, 5.74) is 4.92. The van der Waals surface area contributed by atoms with Crippen LogP contribution in [-0.4, -0.2) is 13.9 Å². The van der Waals surface area contributed by atoms with E-state index in [2.05, 4.69) is 0 Å². The molecule has 0 aliphatic rings. The molecule has 0 aliphatic carbocycles. The highest BCUT2D eigenvalue weighted by atomic mass is 31.1. The Hall–Kier alpha value is 0.455. The van der Waals surface area contributed by atoms with Gasteiger partial charge in [0.05, 0.1) is 0 Å². The van der Waals surface area contributed by atoms with Gasteiger partial charge in [0.1, 0.15) is 7.57 Å². The third-order valence-electron chi connectivity index (χ3n) is 0.118. The van der Waals surface area contributed by atoms with Gasteiger partial charge in [-0.2, -0.15) is 8.46 Å². The van der Waals surface area contributed by atoms with Crippen LogP contribution in [0.3, 0.4) is 0 Å². The van der Waals surface area contributed by atoms with Crippen molar-refractivity contribution in [3.8, 4) is 0 Å². The largest absolute Gasteiger partial charge is 0.328 e. The summed E-state index contributed by atoms with van der Waals surface area (Å²) in [7, 11) is 5.35. The summed E-state index contributed by atoms with van der Waals surface area (Å²) in [4.78, 5) is 0. The minimum Gasteiger partial charge on any atom is -0.328 e. The number of rotatable bonds is 1. The topological polar surface area (TPSA) is 26.0 Å². The first-order chi connectivity index (χ1) is 1.91. The maximum Gasteiger partial charge on any atom is 0.106 e. The second-order valence-electron chi connectivity index (χ2n) is 0.408. The molecule has 0 saturated heterocycles. The molecule has 0 amide bonds. The van der Waals surface area contributed by atoms with Gasteiger partial charge >= 0.3 is 0 Å². The van der Waals surface area contributed by atoms with E-state index in [0.717, 1.165) is 0 Å². The summed E-state index contributed by atoms with van der Waals surface area (Å²) in [5, 5.41) is 0. The van der Waals surface area contributed by atoms with E-state index in [0.29, 0.717) is 14.7 Å². The van der Waals surface area contributed by atoms with Gasteiger partial charge in [-0.1, -0.05) is 0 Å². The Labute approximate surface area is 29.1 Å². The van der Waals surface area contributed by atoms with Crippen LogP contribution in [-0.2, 0) is 0 Å². The molecule has 0 heterocycles. The van der Waals surface area contributed by atoms with E-state index in [1.807, 2.05) is 0 Å². The summed E-state index contributed by atoms with van der Waals surface area (Å²) in [5.74, 6) is 0. The Morgan fingerprint density at radius 1 is 2.00 bits per heavy atom. The number of hydrogen-bond donors (Lipinski definition) is 1. The van der Waals surface area contributed by atoms with Gasteiger partial charge in [0.2, 0.25) is 0 Å². The first kappa shape index (κ1) is 4.45. The van der Waals surface area contributed by atoms with E-state index in [9.17, 15) is 0 Å². The molecule has 0 aromatic rings. The van der Waals surface area contributed by atoms with Gasteiger partial charge in [0, 0.05) is 6.29 Å². The lowest BCUT2D eigenvalue weighted by Gasteiger charge is -1.71. The quantitative estimate of drug-likeness (QED) is 0.333. The van der Waals surface area contributed by atoms with Crippen molar-refractivity contribution >= 4 is 16.0 Å².